The number of halogens is 1. The van der Waals surface area contributed by atoms with Crippen molar-refractivity contribution in [1.82, 2.24) is 4.72 Å². The van der Waals surface area contributed by atoms with Crippen LogP contribution < -0.4 is 4.72 Å². The zero-order valence-corrected chi connectivity index (χ0v) is 12.9. The van der Waals surface area contributed by atoms with Gasteiger partial charge in [0.1, 0.15) is 10.3 Å². The summed E-state index contributed by atoms with van der Waals surface area (Å²) in [4.78, 5) is 11.0. The molecule has 0 aliphatic heterocycles. The maximum Gasteiger partial charge on any atom is 0.321 e. The van der Waals surface area contributed by atoms with Crippen LogP contribution in [0.1, 0.15) is 26.2 Å². The fourth-order valence-electron chi connectivity index (χ4n) is 1.33. The van der Waals surface area contributed by atoms with Gasteiger partial charge in [-0.3, -0.25) is 4.79 Å². The van der Waals surface area contributed by atoms with E-state index in [1.54, 1.807) is 6.07 Å². The summed E-state index contributed by atoms with van der Waals surface area (Å²) >= 11 is 4.22. The van der Waals surface area contributed by atoms with Crippen LogP contribution in [-0.2, 0) is 14.8 Å². The third-order valence-corrected chi connectivity index (χ3v) is 5.84. The van der Waals surface area contributed by atoms with Crippen LogP contribution in [0.25, 0.3) is 0 Å². The smallest absolute Gasteiger partial charge is 0.321 e. The van der Waals surface area contributed by atoms with Crippen LogP contribution in [0.15, 0.2) is 20.1 Å². The highest BCUT2D eigenvalue weighted by Crippen LogP contribution is 2.26. The van der Waals surface area contributed by atoms with Gasteiger partial charge in [0.15, 0.2) is 0 Å². The fraction of sp³-hybridized carbons (Fsp3) is 0.500. The molecule has 102 valence electrons. The molecule has 8 heteroatoms. The van der Waals surface area contributed by atoms with E-state index in [2.05, 4.69) is 20.7 Å². The van der Waals surface area contributed by atoms with E-state index in [1.165, 1.54) is 6.07 Å². The highest BCUT2D eigenvalue weighted by molar-refractivity contribution is 9.11. The fourth-order valence-corrected chi connectivity index (χ4v) is 4.58. The van der Waals surface area contributed by atoms with Gasteiger partial charge in [0.25, 0.3) is 10.0 Å². The zero-order valence-electron chi connectivity index (χ0n) is 9.72. The van der Waals surface area contributed by atoms with E-state index < -0.39 is 22.0 Å². The Morgan fingerprint density at radius 3 is 2.67 bits per heavy atom. The molecule has 0 aliphatic carbocycles. The minimum atomic E-state index is -3.76. The van der Waals surface area contributed by atoms with E-state index in [1.807, 2.05) is 6.92 Å². The number of aliphatic carboxylic acids is 1. The molecule has 1 atom stereocenters. The van der Waals surface area contributed by atoms with Crippen molar-refractivity contribution >= 4 is 43.3 Å². The summed E-state index contributed by atoms with van der Waals surface area (Å²) in [6.45, 7) is 1.92. The molecule has 1 heterocycles. The summed E-state index contributed by atoms with van der Waals surface area (Å²) in [6, 6.07) is 1.98. The number of nitrogens with one attached hydrogen (secondary N) is 1. The van der Waals surface area contributed by atoms with Crippen LogP contribution >= 0.6 is 27.3 Å². The number of carboxylic acid groups (broad SMARTS) is 1. The summed E-state index contributed by atoms with van der Waals surface area (Å²) in [5.41, 5.74) is 0. The van der Waals surface area contributed by atoms with Gasteiger partial charge in [-0.1, -0.05) is 19.8 Å². The van der Waals surface area contributed by atoms with Crippen LogP contribution in [0.3, 0.4) is 0 Å². The Bertz CT molecular complexity index is 512. The molecule has 1 rings (SSSR count). The SMILES string of the molecule is CCCCC(NS(=O)(=O)c1ccc(Br)s1)C(=O)O. The van der Waals surface area contributed by atoms with Gasteiger partial charge in [0, 0.05) is 0 Å². The number of carbonyl (C=O) groups is 1. The van der Waals surface area contributed by atoms with Crippen molar-refractivity contribution < 1.29 is 18.3 Å². The van der Waals surface area contributed by atoms with Crippen LogP contribution in [0, 0.1) is 0 Å². The standard InChI is InChI=1S/C10H14BrNO4S2/c1-2-3-4-7(10(13)14)12-18(15,16)9-6-5-8(11)17-9/h5-7,12H,2-4H2,1H3,(H,13,14). The van der Waals surface area contributed by atoms with E-state index in [4.69, 9.17) is 5.11 Å². The Hall–Kier alpha value is -0.440. The van der Waals surface area contributed by atoms with Crippen molar-refractivity contribution in [2.45, 2.75) is 36.4 Å². The Balaban J connectivity index is 2.82. The van der Waals surface area contributed by atoms with Gasteiger partial charge in [-0.25, -0.2) is 8.42 Å². The van der Waals surface area contributed by atoms with Crippen molar-refractivity contribution in [2.75, 3.05) is 0 Å². The number of hydrogen-bond donors (Lipinski definition) is 2. The van der Waals surface area contributed by atoms with E-state index in [0.717, 1.165) is 17.8 Å². The molecule has 0 saturated heterocycles. The summed E-state index contributed by atoms with van der Waals surface area (Å²) in [5.74, 6) is -1.15. The lowest BCUT2D eigenvalue weighted by atomic mass is 10.1. The summed E-state index contributed by atoms with van der Waals surface area (Å²) in [5, 5.41) is 8.98. The van der Waals surface area contributed by atoms with E-state index in [-0.39, 0.29) is 10.6 Å². The first-order valence-corrected chi connectivity index (χ1v) is 8.46. The maximum atomic E-state index is 11.9. The van der Waals surface area contributed by atoms with Gasteiger partial charge >= 0.3 is 5.97 Å². The highest BCUT2D eigenvalue weighted by atomic mass is 79.9. The summed E-state index contributed by atoms with van der Waals surface area (Å²) in [7, 11) is -3.76. The molecule has 1 aromatic rings. The molecule has 2 N–H and O–H groups in total. The molecular formula is C10H14BrNO4S2. The topological polar surface area (TPSA) is 83.5 Å². The molecule has 0 saturated carbocycles. The predicted octanol–water partition coefficient (Wildman–Crippen LogP) is 2.43. The molecular weight excluding hydrogens is 342 g/mol. The maximum absolute atomic E-state index is 11.9. The second-order valence-electron chi connectivity index (χ2n) is 3.71. The molecule has 0 spiro atoms. The molecule has 0 aromatic carbocycles. The molecule has 0 aliphatic rings. The van der Waals surface area contributed by atoms with E-state index in [0.29, 0.717) is 10.2 Å². The second kappa shape index (κ2) is 6.65. The minimum Gasteiger partial charge on any atom is -0.480 e. The number of hydrogen-bond acceptors (Lipinski definition) is 4. The quantitative estimate of drug-likeness (QED) is 0.786. The van der Waals surface area contributed by atoms with E-state index in [9.17, 15) is 13.2 Å². The largest absolute Gasteiger partial charge is 0.480 e. The van der Waals surface area contributed by atoms with Crippen LogP contribution in [-0.4, -0.2) is 25.5 Å². The third-order valence-electron chi connectivity index (χ3n) is 2.26. The predicted molar refractivity (Wildman–Crippen MR) is 73.3 cm³/mol. The van der Waals surface area contributed by atoms with Crippen molar-refractivity contribution in [3.05, 3.63) is 15.9 Å². The van der Waals surface area contributed by atoms with Gasteiger partial charge in [-0.15, -0.1) is 11.3 Å². The molecule has 0 bridgehead atoms. The first kappa shape index (κ1) is 15.6. The van der Waals surface area contributed by atoms with Crippen molar-refractivity contribution in [3.63, 3.8) is 0 Å². The lowest BCUT2D eigenvalue weighted by Gasteiger charge is -2.13. The average molecular weight is 356 g/mol. The Morgan fingerprint density at radius 1 is 1.56 bits per heavy atom. The van der Waals surface area contributed by atoms with Crippen LogP contribution in [0.2, 0.25) is 0 Å². The van der Waals surface area contributed by atoms with Crippen molar-refractivity contribution in [2.24, 2.45) is 0 Å². The number of unbranched alkanes of at least 4 members (excludes halogenated alkanes) is 1. The normalized spacial score (nSPS) is 13.4. The molecule has 0 amide bonds. The van der Waals surface area contributed by atoms with Gasteiger partial charge in [-0.2, -0.15) is 4.72 Å². The minimum absolute atomic E-state index is 0.108. The van der Waals surface area contributed by atoms with Gasteiger partial charge in [0.2, 0.25) is 0 Å². The Kier molecular flexibility index (Phi) is 5.77. The molecule has 1 unspecified atom stereocenters. The molecule has 5 nitrogen and oxygen atoms in total. The molecule has 1 aromatic heterocycles. The van der Waals surface area contributed by atoms with Gasteiger partial charge in [0.05, 0.1) is 3.79 Å². The number of rotatable bonds is 7. The van der Waals surface area contributed by atoms with Crippen LogP contribution in [0.4, 0.5) is 0 Å². The number of carboxylic acids is 1. The van der Waals surface area contributed by atoms with Crippen molar-refractivity contribution in [3.8, 4) is 0 Å². The molecule has 18 heavy (non-hydrogen) atoms. The second-order valence-corrected chi connectivity index (χ2v) is 8.12. The number of sulfonamides is 1. The van der Waals surface area contributed by atoms with Crippen molar-refractivity contribution in [1.29, 1.82) is 0 Å². The summed E-state index contributed by atoms with van der Waals surface area (Å²) < 4.78 is 26.9. The monoisotopic (exact) mass is 355 g/mol. The van der Waals surface area contributed by atoms with Gasteiger partial charge in [-0.05, 0) is 34.5 Å². The Labute approximate surface area is 118 Å². The van der Waals surface area contributed by atoms with E-state index >= 15 is 0 Å². The number of thiophene rings is 1. The lowest BCUT2D eigenvalue weighted by molar-refractivity contribution is -0.139. The molecule has 0 fully saturated rings. The first-order chi connectivity index (χ1) is 8.36. The lowest BCUT2D eigenvalue weighted by Crippen LogP contribution is -2.40. The average Bonchev–Trinajstić information content (AvgIpc) is 2.71. The summed E-state index contributed by atoms with van der Waals surface area (Å²) in [6.07, 6.45) is 1.77. The Morgan fingerprint density at radius 2 is 2.22 bits per heavy atom. The third kappa shape index (κ3) is 4.34. The van der Waals surface area contributed by atoms with Gasteiger partial charge < -0.3 is 5.11 Å². The van der Waals surface area contributed by atoms with Crippen LogP contribution in [0.5, 0.6) is 0 Å². The molecule has 0 radical (unpaired) electrons. The zero-order chi connectivity index (χ0) is 13.8. The first-order valence-electron chi connectivity index (χ1n) is 5.37. The highest BCUT2D eigenvalue weighted by Gasteiger charge is 2.25.